The van der Waals surface area contributed by atoms with E-state index in [0.29, 0.717) is 48.0 Å². The van der Waals surface area contributed by atoms with Crippen molar-refractivity contribution in [3.05, 3.63) is 48.0 Å². The summed E-state index contributed by atoms with van der Waals surface area (Å²) in [6.07, 6.45) is 3.73. The Hall–Kier alpha value is -2.58. The smallest absolute Gasteiger partial charge is 0.243 e. The maximum atomic E-state index is 12.7. The molecule has 29 heavy (non-hydrogen) atoms. The molecule has 1 amide bonds. The van der Waals surface area contributed by atoms with Crippen LogP contribution in [0.25, 0.3) is 0 Å². The Morgan fingerprint density at radius 2 is 1.69 bits per heavy atom. The molecule has 8 heteroatoms. The Bertz CT molecular complexity index is 983. The molecule has 0 aliphatic carbocycles. The first-order valence-corrected chi connectivity index (χ1v) is 11.2. The Morgan fingerprint density at radius 1 is 0.966 bits per heavy atom. The molecule has 2 aliphatic heterocycles. The fourth-order valence-corrected chi connectivity index (χ4v) is 5.06. The van der Waals surface area contributed by atoms with Crippen molar-refractivity contribution >= 4 is 21.6 Å². The van der Waals surface area contributed by atoms with Crippen LogP contribution in [-0.4, -0.2) is 38.5 Å². The SMILES string of the molecule is O=C(CCc1ccc(S(=O)(=O)N2CCCCC2)cc1)Nc1ccc2c(c1)OCO2. The molecule has 1 fully saturated rings. The summed E-state index contributed by atoms with van der Waals surface area (Å²) in [7, 11) is -3.42. The number of benzene rings is 2. The average molecular weight is 416 g/mol. The van der Waals surface area contributed by atoms with Gasteiger partial charge in [-0.2, -0.15) is 4.31 Å². The van der Waals surface area contributed by atoms with E-state index in [1.165, 1.54) is 0 Å². The number of anilines is 1. The fourth-order valence-electron chi connectivity index (χ4n) is 3.54. The van der Waals surface area contributed by atoms with Crippen LogP contribution in [0.4, 0.5) is 5.69 Å². The summed E-state index contributed by atoms with van der Waals surface area (Å²) in [6, 6.07) is 12.1. The number of sulfonamides is 1. The van der Waals surface area contributed by atoms with Crippen LogP contribution in [0.5, 0.6) is 11.5 Å². The lowest BCUT2D eigenvalue weighted by Gasteiger charge is -2.25. The van der Waals surface area contributed by atoms with E-state index in [4.69, 9.17) is 9.47 Å². The third-order valence-electron chi connectivity index (χ3n) is 5.17. The molecule has 0 saturated carbocycles. The standard InChI is InChI=1S/C21H24N2O5S/c24-21(22-17-7-10-19-20(14-17)28-15-27-19)11-6-16-4-8-18(9-5-16)29(25,26)23-12-2-1-3-13-23/h4-5,7-10,14H,1-3,6,11-13,15H2,(H,22,24). The zero-order valence-electron chi connectivity index (χ0n) is 16.1. The zero-order chi connectivity index (χ0) is 20.3. The summed E-state index contributed by atoms with van der Waals surface area (Å²) >= 11 is 0. The molecule has 0 radical (unpaired) electrons. The maximum absolute atomic E-state index is 12.7. The zero-order valence-corrected chi connectivity index (χ0v) is 16.9. The fraction of sp³-hybridized carbons (Fsp3) is 0.381. The summed E-state index contributed by atoms with van der Waals surface area (Å²) < 4.78 is 37.5. The number of carbonyl (C=O) groups is 1. The van der Waals surface area contributed by atoms with Crippen LogP contribution in [0.1, 0.15) is 31.2 Å². The third kappa shape index (κ3) is 4.54. The van der Waals surface area contributed by atoms with Crippen LogP contribution in [0.2, 0.25) is 0 Å². The monoisotopic (exact) mass is 416 g/mol. The minimum absolute atomic E-state index is 0.117. The maximum Gasteiger partial charge on any atom is 0.243 e. The minimum Gasteiger partial charge on any atom is -0.454 e. The third-order valence-corrected chi connectivity index (χ3v) is 7.09. The Kier molecular flexibility index (Phi) is 5.73. The molecule has 1 N–H and O–H groups in total. The second kappa shape index (κ2) is 8.42. The van der Waals surface area contributed by atoms with Gasteiger partial charge in [0.05, 0.1) is 4.90 Å². The van der Waals surface area contributed by atoms with Crippen LogP contribution in [0.15, 0.2) is 47.4 Å². The number of ether oxygens (including phenoxy) is 2. The quantitative estimate of drug-likeness (QED) is 0.782. The van der Waals surface area contributed by atoms with Crippen LogP contribution in [0, 0.1) is 0 Å². The summed E-state index contributed by atoms with van der Waals surface area (Å²) in [4.78, 5) is 12.5. The molecule has 2 heterocycles. The van der Waals surface area contributed by atoms with Crippen LogP contribution in [-0.2, 0) is 21.2 Å². The topological polar surface area (TPSA) is 84.9 Å². The number of carbonyl (C=O) groups excluding carboxylic acids is 1. The van der Waals surface area contributed by atoms with Crippen molar-refractivity contribution in [3.63, 3.8) is 0 Å². The highest BCUT2D eigenvalue weighted by Crippen LogP contribution is 2.34. The van der Waals surface area contributed by atoms with Crippen molar-refractivity contribution in [2.24, 2.45) is 0 Å². The predicted octanol–water partition coefficient (Wildman–Crippen LogP) is 3.16. The summed E-state index contributed by atoms with van der Waals surface area (Å²) in [5.41, 5.74) is 1.57. The van der Waals surface area contributed by atoms with Gasteiger partial charge in [0, 0.05) is 31.3 Å². The molecule has 7 nitrogen and oxygen atoms in total. The van der Waals surface area contributed by atoms with Crippen LogP contribution >= 0.6 is 0 Å². The minimum atomic E-state index is -3.42. The van der Waals surface area contributed by atoms with Gasteiger partial charge in [-0.3, -0.25) is 4.79 Å². The first kappa shape index (κ1) is 19.7. The lowest BCUT2D eigenvalue weighted by atomic mass is 10.1. The highest BCUT2D eigenvalue weighted by atomic mass is 32.2. The normalized spacial score (nSPS) is 16.6. The van der Waals surface area contributed by atoms with E-state index in [0.717, 1.165) is 24.8 Å². The van der Waals surface area contributed by atoms with Crippen molar-refractivity contribution in [1.29, 1.82) is 0 Å². The number of fused-ring (bicyclic) bond motifs is 1. The number of piperidine rings is 1. The molecule has 2 aliphatic rings. The van der Waals surface area contributed by atoms with E-state index in [9.17, 15) is 13.2 Å². The number of hydrogen-bond donors (Lipinski definition) is 1. The van der Waals surface area contributed by atoms with E-state index in [2.05, 4.69) is 5.32 Å². The van der Waals surface area contributed by atoms with Gasteiger partial charge in [0.1, 0.15) is 0 Å². The largest absolute Gasteiger partial charge is 0.454 e. The molecule has 0 aromatic heterocycles. The first-order valence-electron chi connectivity index (χ1n) is 9.81. The van der Waals surface area contributed by atoms with Gasteiger partial charge in [0.15, 0.2) is 11.5 Å². The number of rotatable bonds is 6. The highest BCUT2D eigenvalue weighted by molar-refractivity contribution is 7.89. The van der Waals surface area contributed by atoms with Gasteiger partial charge in [-0.15, -0.1) is 0 Å². The van der Waals surface area contributed by atoms with Gasteiger partial charge in [-0.25, -0.2) is 8.42 Å². The molecule has 1 saturated heterocycles. The summed E-state index contributed by atoms with van der Waals surface area (Å²) in [6.45, 7) is 1.37. The second-order valence-electron chi connectivity index (χ2n) is 7.22. The van der Waals surface area contributed by atoms with E-state index < -0.39 is 10.0 Å². The molecule has 0 bridgehead atoms. The predicted molar refractivity (Wildman–Crippen MR) is 109 cm³/mol. The lowest BCUT2D eigenvalue weighted by Crippen LogP contribution is -2.35. The number of amides is 1. The van der Waals surface area contributed by atoms with Gasteiger partial charge >= 0.3 is 0 Å². The lowest BCUT2D eigenvalue weighted by molar-refractivity contribution is -0.116. The van der Waals surface area contributed by atoms with Gasteiger partial charge in [-0.05, 0) is 49.1 Å². The van der Waals surface area contributed by atoms with Crippen molar-refractivity contribution in [1.82, 2.24) is 4.31 Å². The number of nitrogens with zero attached hydrogens (tertiary/aromatic N) is 1. The Balaban J connectivity index is 1.32. The van der Waals surface area contributed by atoms with E-state index in [-0.39, 0.29) is 12.7 Å². The number of hydrogen-bond acceptors (Lipinski definition) is 5. The molecule has 2 aromatic rings. The van der Waals surface area contributed by atoms with E-state index in [1.54, 1.807) is 46.8 Å². The average Bonchev–Trinajstić information content (AvgIpc) is 3.21. The molecular weight excluding hydrogens is 392 g/mol. The van der Waals surface area contributed by atoms with Crippen molar-refractivity contribution in [2.75, 3.05) is 25.2 Å². The van der Waals surface area contributed by atoms with E-state index in [1.807, 2.05) is 0 Å². The van der Waals surface area contributed by atoms with Crippen molar-refractivity contribution in [2.45, 2.75) is 37.0 Å². The van der Waals surface area contributed by atoms with Gasteiger partial charge in [0.25, 0.3) is 0 Å². The molecular formula is C21H24N2O5S. The molecule has 0 unspecified atom stereocenters. The van der Waals surface area contributed by atoms with Gasteiger partial charge in [-0.1, -0.05) is 18.6 Å². The molecule has 4 rings (SSSR count). The number of aryl methyl sites for hydroxylation is 1. The summed E-state index contributed by atoms with van der Waals surface area (Å²) in [5, 5.41) is 2.84. The summed E-state index contributed by atoms with van der Waals surface area (Å²) in [5.74, 6) is 1.17. The van der Waals surface area contributed by atoms with E-state index >= 15 is 0 Å². The molecule has 0 spiro atoms. The number of nitrogens with one attached hydrogen (secondary N) is 1. The van der Waals surface area contributed by atoms with Gasteiger partial charge in [0.2, 0.25) is 22.7 Å². The Labute approximate surface area is 170 Å². The highest BCUT2D eigenvalue weighted by Gasteiger charge is 2.25. The molecule has 154 valence electrons. The van der Waals surface area contributed by atoms with Crippen LogP contribution in [0.3, 0.4) is 0 Å². The molecule has 0 atom stereocenters. The van der Waals surface area contributed by atoms with Gasteiger partial charge < -0.3 is 14.8 Å². The van der Waals surface area contributed by atoms with Crippen LogP contribution < -0.4 is 14.8 Å². The van der Waals surface area contributed by atoms with Crippen molar-refractivity contribution in [3.8, 4) is 11.5 Å². The Morgan fingerprint density at radius 3 is 2.45 bits per heavy atom. The second-order valence-corrected chi connectivity index (χ2v) is 9.16. The first-order chi connectivity index (χ1) is 14.0. The van der Waals surface area contributed by atoms with Crippen molar-refractivity contribution < 1.29 is 22.7 Å². The molecule has 2 aromatic carbocycles.